The molecule has 0 bridgehead atoms. The average molecular weight is 499 g/mol. The Morgan fingerprint density at radius 2 is 1.84 bits per heavy atom. The highest BCUT2D eigenvalue weighted by Gasteiger charge is 2.30. The van der Waals surface area contributed by atoms with Crippen LogP contribution in [0.4, 0.5) is 0 Å². The fourth-order valence-corrected chi connectivity index (χ4v) is 5.37. The van der Waals surface area contributed by atoms with Crippen molar-refractivity contribution >= 4 is 34.4 Å². The van der Waals surface area contributed by atoms with E-state index in [-0.39, 0.29) is 11.8 Å². The molecule has 1 aliphatic heterocycles. The summed E-state index contributed by atoms with van der Waals surface area (Å²) in [6, 6.07) is 16.0. The molecule has 0 radical (unpaired) electrons. The minimum absolute atomic E-state index is 0.0383. The molecule has 2 aliphatic rings. The number of hydrogen-bond acceptors (Lipinski definition) is 5. The molecule has 0 atom stereocenters. The van der Waals surface area contributed by atoms with Gasteiger partial charge in [-0.1, -0.05) is 30.3 Å². The van der Waals surface area contributed by atoms with Gasteiger partial charge in [0.05, 0.1) is 30.4 Å². The first-order valence-electron chi connectivity index (χ1n) is 13.1. The van der Waals surface area contributed by atoms with E-state index >= 15 is 0 Å². The Balaban J connectivity index is 1.45. The zero-order chi connectivity index (χ0) is 25.8. The van der Waals surface area contributed by atoms with Gasteiger partial charge in [0.25, 0.3) is 5.91 Å². The van der Waals surface area contributed by atoms with Gasteiger partial charge in [-0.3, -0.25) is 14.5 Å². The number of rotatable bonds is 6. The number of aromatic nitrogens is 1. The van der Waals surface area contributed by atoms with Gasteiger partial charge < -0.3 is 15.0 Å². The van der Waals surface area contributed by atoms with Gasteiger partial charge in [-0.05, 0) is 67.2 Å². The Labute approximate surface area is 218 Å². The lowest BCUT2D eigenvalue weighted by atomic mass is 9.99. The molecule has 1 aliphatic carbocycles. The summed E-state index contributed by atoms with van der Waals surface area (Å²) in [4.78, 5) is 35.3. The van der Waals surface area contributed by atoms with E-state index in [0.717, 1.165) is 70.4 Å². The molecule has 0 spiro atoms. The van der Waals surface area contributed by atoms with E-state index in [2.05, 4.69) is 16.3 Å². The summed E-state index contributed by atoms with van der Waals surface area (Å²) in [5, 5.41) is 3.79. The summed E-state index contributed by atoms with van der Waals surface area (Å²) in [5.41, 5.74) is 5.86. The topological polar surface area (TPSA) is 74.8 Å². The SMILES string of the molecule is CCNC(=O)CN1CCCN(C(=O)c2c3c(nc4ccccc24)/C(=C/c2ccc(OC)cc2)CC3)CC1. The number of carbonyl (C=O) groups is 2. The smallest absolute Gasteiger partial charge is 0.254 e. The van der Waals surface area contributed by atoms with Crippen molar-refractivity contribution in [3.8, 4) is 5.75 Å². The van der Waals surface area contributed by atoms with Crippen LogP contribution in [0.2, 0.25) is 0 Å². The molecule has 1 saturated heterocycles. The molecule has 37 heavy (non-hydrogen) atoms. The van der Waals surface area contributed by atoms with Gasteiger partial charge in [0.15, 0.2) is 0 Å². The summed E-state index contributed by atoms with van der Waals surface area (Å²) in [6.45, 7) is 5.73. The van der Waals surface area contributed by atoms with Gasteiger partial charge in [-0.25, -0.2) is 4.98 Å². The van der Waals surface area contributed by atoms with Crippen LogP contribution >= 0.6 is 0 Å². The number of ether oxygens (including phenoxy) is 1. The Kier molecular flexibility index (Phi) is 7.51. The minimum atomic E-state index is 0.0383. The number of carbonyl (C=O) groups excluding carboxylic acids is 2. The highest BCUT2D eigenvalue weighted by Crippen LogP contribution is 2.38. The van der Waals surface area contributed by atoms with E-state index in [4.69, 9.17) is 9.72 Å². The molecule has 0 unspecified atom stereocenters. The number of hydrogen-bond donors (Lipinski definition) is 1. The fourth-order valence-electron chi connectivity index (χ4n) is 5.37. The van der Waals surface area contributed by atoms with Crippen LogP contribution in [0.1, 0.15) is 46.9 Å². The van der Waals surface area contributed by atoms with Crippen LogP contribution in [-0.4, -0.2) is 73.0 Å². The predicted octanol–water partition coefficient (Wildman–Crippen LogP) is 4.01. The van der Waals surface area contributed by atoms with Gasteiger partial charge in [0, 0.05) is 38.1 Å². The van der Waals surface area contributed by atoms with E-state index < -0.39 is 0 Å². The first-order chi connectivity index (χ1) is 18.1. The van der Waals surface area contributed by atoms with Crippen LogP contribution in [0.25, 0.3) is 22.6 Å². The number of methoxy groups -OCH3 is 1. The second-order valence-corrected chi connectivity index (χ2v) is 9.65. The molecule has 192 valence electrons. The molecule has 3 aromatic rings. The third kappa shape index (κ3) is 5.37. The van der Waals surface area contributed by atoms with Gasteiger partial charge in [-0.15, -0.1) is 0 Å². The Morgan fingerprint density at radius 1 is 1.03 bits per heavy atom. The highest BCUT2D eigenvalue weighted by molar-refractivity contribution is 6.09. The quantitative estimate of drug-likeness (QED) is 0.556. The Morgan fingerprint density at radius 3 is 2.62 bits per heavy atom. The lowest BCUT2D eigenvalue weighted by Gasteiger charge is -2.23. The molecule has 1 aromatic heterocycles. The number of para-hydroxylation sites is 1. The van der Waals surface area contributed by atoms with E-state index in [1.807, 2.05) is 60.4 Å². The lowest BCUT2D eigenvalue weighted by Crippen LogP contribution is -2.40. The monoisotopic (exact) mass is 498 g/mol. The maximum Gasteiger partial charge on any atom is 0.254 e. The van der Waals surface area contributed by atoms with E-state index in [1.165, 1.54) is 0 Å². The number of allylic oxidation sites excluding steroid dienone is 1. The largest absolute Gasteiger partial charge is 0.497 e. The average Bonchev–Trinajstić information content (AvgIpc) is 3.15. The van der Waals surface area contributed by atoms with Crippen molar-refractivity contribution in [2.75, 3.05) is 46.4 Å². The number of pyridine rings is 1. The highest BCUT2D eigenvalue weighted by atomic mass is 16.5. The fraction of sp³-hybridized carbons (Fsp3) is 0.367. The normalized spacial score (nSPS) is 17.0. The van der Waals surface area contributed by atoms with Crippen molar-refractivity contribution in [3.63, 3.8) is 0 Å². The molecule has 7 heteroatoms. The molecular weight excluding hydrogens is 464 g/mol. The van der Waals surface area contributed by atoms with Crippen molar-refractivity contribution in [1.29, 1.82) is 0 Å². The minimum Gasteiger partial charge on any atom is -0.497 e. The number of likely N-dealkylation sites (N-methyl/N-ethyl adjacent to an activating group) is 1. The van der Waals surface area contributed by atoms with Crippen molar-refractivity contribution in [2.45, 2.75) is 26.2 Å². The number of fused-ring (bicyclic) bond motifs is 2. The maximum absolute atomic E-state index is 14.1. The summed E-state index contributed by atoms with van der Waals surface area (Å²) in [6.07, 6.45) is 4.67. The second kappa shape index (κ2) is 11.1. The molecule has 0 saturated carbocycles. The number of nitrogens with zero attached hydrogens (tertiary/aromatic N) is 3. The van der Waals surface area contributed by atoms with Crippen molar-refractivity contribution < 1.29 is 14.3 Å². The molecule has 5 rings (SSSR count). The van der Waals surface area contributed by atoms with E-state index in [1.54, 1.807) is 7.11 Å². The van der Waals surface area contributed by atoms with Crippen LogP contribution in [0, 0.1) is 0 Å². The summed E-state index contributed by atoms with van der Waals surface area (Å²) >= 11 is 0. The first kappa shape index (κ1) is 25.0. The summed E-state index contributed by atoms with van der Waals surface area (Å²) < 4.78 is 5.29. The third-order valence-electron chi connectivity index (χ3n) is 7.23. The maximum atomic E-state index is 14.1. The first-order valence-corrected chi connectivity index (χ1v) is 13.1. The van der Waals surface area contributed by atoms with Crippen LogP contribution in [0.5, 0.6) is 5.75 Å². The third-order valence-corrected chi connectivity index (χ3v) is 7.23. The molecule has 1 fully saturated rings. The molecule has 2 heterocycles. The zero-order valence-electron chi connectivity index (χ0n) is 21.6. The summed E-state index contributed by atoms with van der Waals surface area (Å²) in [7, 11) is 1.67. The van der Waals surface area contributed by atoms with Gasteiger partial charge in [0.2, 0.25) is 5.91 Å². The molecule has 2 amide bonds. The van der Waals surface area contributed by atoms with Crippen LogP contribution < -0.4 is 10.1 Å². The van der Waals surface area contributed by atoms with Gasteiger partial charge in [-0.2, -0.15) is 0 Å². The van der Waals surface area contributed by atoms with E-state index in [0.29, 0.717) is 32.7 Å². The number of amides is 2. The molecular formula is C30H34N4O3. The lowest BCUT2D eigenvalue weighted by molar-refractivity contribution is -0.122. The number of benzene rings is 2. The molecule has 7 nitrogen and oxygen atoms in total. The van der Waals surface area contributed by atoms with Gasteiger partial charge in [0.1, 0.15) is 5.75 Å². The molecule has 1 N–H and O–H groups in total. The van der Waals surface area contributed by atoms with Crippen molar-refractivity contribution in [3.05, 3.63) is 70.9 Å². The number of nitrogens with one attached hydrogen (secondary N) is 1. The van der Waals surface area contributed by atoms with Crippen molar-refractivity contribution in [2.24, 2.45) is 0 Å². The predicted molar refractivity (Wildman–Crippen MR) is 147 cm³/mol. The van der Waals surface area contributed by atoms with E-state index in [9.17, 15) is 9.59 Å². The Bertz CT molecular complexity index is 1330. The Hall–Kier alpha value is -3.71. The zero-order valence-corrected chi connectivity index (χ0v) is 21.6. The van der Waals surface area contributed by atoms with Crippen LogP contribution in [-0.2, 0) is 11.2 Å². The molecule has 2 aromatic carbocycles. The van der Waals surface area contributed by atoms with Crippen LogP contribution in [0.15, 0.2) is 48.5 Å². The summed E-state index contributed by atoms with van der Waals surface area (Å²) in [5.74, 6) is 0.935. The second-order valence-electron chi connectivity index (χ2n) is 9.65. The van der Waals surface area contributed by atoms with Crippen LogP contribution in [0.3, 0.4) is 0 Å². The van der Waals surface area contributed by atoms with Crippen molar-refractivity contribution in [1.82, 2.24) is 20.1 Å². The van der Waals surface area contributed by atoms with Gasteiger partial charge >= 0.3 is 0 Å². The standard InChI is InChI=1S/C30H34N4O3/c1-3-31-27(35)20-33-15-6-16-34(18-17-33)30(36)28-24-7-4-5-8-26(24)32-29-22(11-14-25(28)29)19-21-9-12-23(37-2)13-10-21/h4-5,7-10,12-13,19H,3,6,11,14-18,20H2,1-2H3,(H,31,35)/b22-19+.